The maximum Gasteiger partial charge on any atom is 0.252 e. The standard InChI is InChI=1S/C21H20FN3O5S/c1-3-12-24(31(29,30)18-10-4-15(22)5-11-18)19-13-20(27)25(21(19)28)17-8-6-16(7-9-17)23-14(2)26/h3-11,19H,1,12-13H2,2H3,(H,23,26). The molecular weight excluding hydrogens is 425 g/mol. The van der Waals surface area contributed by atoms with E-state index in [9.17, 15) is 27.2 Å². The van der Waals surface area contributed by atoms with E-state index in [0.717, 1.165) is 33.5 Å². The number of carbonyl (C=O) groups excluding carboxylic acids is 3. The number of sulfonamides is 1. The molecule has 31 heavy (non-hydrogen) atoms. The highest BCUT2D eigenvalue weighted by molar-refractivity contribution is 7.89. The van der Waals surface area contributed by atoms with E-state index in [1.165, 1.54) is 37.3 Å². The summed E-state index contributed by atoms with van der Waals surface area (Å²) in [6, 6.07) is 8.96. The Morgan fingerprint density at radius 1 is 1.19 bits per heavy atom. The SMILES string of the molecule is C=CCN(C1CC(=O)N(c2ccc(NC(C)=O)cc2)C1=O)S(=O)(=O)c1ccc(F)cc1. The summed E-state index contributed by atoms with van der Waals surface area (Å²) in [5, 5.41) is 2.58. The van der Waals surface area contributed by atoms with E-state index in [0.29, 0.717) is 5.69 Å². The van der Waals surface area contributed by atoms with Gasteiger partial charge in [-0.25, -0.2) is 17.7 Å². The molecule has 1 fully saturated rings. The topological polar surface area (TPSA) is 104 Å². The molecule has 0 aliphatic carbocycles. The summed E-state index contributed by atoms with van der Waals surface area (Å²) in [5.41, 5.74) is 0.739. The van der Waals surface area contributed by atoms with Gasteiger partial charge in [-0.1, -0.05) is 6.08 Å². The van der Waals surface area contributed by atoms with Crippen molar-refractivity contribution in [1.82, 2.24) is 4.31 Å². The number of benzene rings is 2. The van der Waals surface area contributed by atoms with Crippen LogP contribution in [0.25, 0.3) is 0 Å². The Balaban J connectivity index is 1.91. The van der Waals surface area contributed by atoms with Crippen LogP contribution in [0, 0.1) is 5.82 Å². The number of rotatable bonds is 7. The molecule has 8 nitrogen and oxygen atoms in total. The average molecular weight is 445 g/mol. The summed E-state index contributed by atoms with van der Waals surface area (Å²) < 4.78 is 40.3. The molecule has 1 aliphatic heterocycles. The number of halogens is 1. The van der Waals surface area contributed by atoms with Gasteiger partial charge in [0.2, 0.25) is 21.8 Å². The second-order valence-electron chi connectivity index (χ2n) is 6.83. The van der Waals surface area contributed by atoms with Crippen molar-refractivity contribution in [3.63, 3.8) is 0 Å². The number of anilines is 2. The van der Waals surface area contributed by atoms with Gasteiger partial charge in [0.15, 0.2) is 0 Å². The number of imide groups is 1. The minimum atomic E-state index is -4.20. The van der Waals surface area contributed by atoms with Gasteiger partial charge in [-0.05, 0) is 48.5 Å². The second-order valence-corrected chi connectivity index (χ2v) is 8.72. The third kappa shape index (κ3) is 4.54. The van der Waals surface area contributed by atoms with Crippen molar-refractivity contribution in [3.8, 4) is 0 Å². The summed E-state index contributed by atoms with van der Waals surface area (Å²) in [5.74, 6) is -2.14. The molecule has 1 unspecified atom stereocenters. The first-order valence-corrected chi connectivity index (χ1v) is 10.7. The first kappa shape index (κ1) is 22.3. The molecule has 3 rings (SSSR count). The smallest absolute Gasteiger partial charge is 0.252 e. The van der Waals surface area contributed by atoms with Gasteiger partial charge in [-0.15, -0.1) is 6.58 Å². The van der Waals surface area contributed by atoms with Gasteiger partial charge in [0, 0.05) is 19.2 Å². The molecule has 2 aromatic carbocycles. The van der Waals surface area contributed by atoms with Crippen LogP contribution in [0.1, 0.15) is 13.3 Å². The Hall–Kier alpha value is -3.37. The summed E-state index contributed by atoms with van der Waals surface area (Å²) in [4.78, 5) is 37.5. The summed E-state index contributed by atoms with van der Waals surface area (Å²) in [7, 11) is -4.20. The van der Waals surface area contributed by atoms with Gasteiger partial charge in [0.1, 0.15) is 11.9 Å². The molecule has 1 aliphatic rings. The molecule has 0 bridgehead atoms. The van der Waals surface area contributed by atoms with Crippen LogP contribution in [0.3, 0.4) is 0 Å². The zero-order valence-electron chi connectivity index (χ0n) is 16.6. The van der Waals surface area contributed by atoms with Gasteiger partial charge in [0.25, 0.3) is 5.91 Å². The third-order valence-corrected chi connectivity index (χ3v) is 6.53. The maximum atomic E-state index is 13.2. The summed E-state index contributed by atoms with van der Waals surface area (Å²) in [6.07, 6.45) is 0.963. The Morgan fingerprint density at radius 3 is 2.35 bits per heavy atom. The van der Waals surface area contributed by atoms with E-state index in [4.69, 9.17) is 0 Å². The van der Waals surface area contributed by atoms with E-state index in [-0.39, 0.29) is 29.5 Å². The number of carbonyl (C=O) groups is 3. The summed E-state index contributed by atoms with van der Waals surface area (Å²) >= 11 is 0. The highest BCUT2D eigenvalue weighted by Crippen LogP contribution is 2.30. The monoisotopic (exact) mass is 445 g/mol. The molecule has 0 spiro atoms. The maximum absolute atomic E-state index is 13.2. The van der Waals surface area contributed by atoms with Crippen LogP contribution in [0.2, 0.25) is 0 Å². The normalized spacial score (nSPS) is 16.6. The molecule has 1 N–H and O–H groups in total. The van der Waals surface area contributed by atoms with Crippen molar-refractivity contribution in [3.05, 3.63) is 67.0 Å². The first-order chi connectivity index (χ1) is 14.6. The third-order valence-electron chi connectivity index (χ3n) is 4.65. The molecule has 1 saturated heterocycles. The molecular formula is C21H20FN3O5S. The van der Waals surface area contributed by atoms with Crippen molar-refractivity contribution in [1.29, 1.82) is 0 Å². The van der Waals surface area contributed by atoms with Crippen LogP contribution >= 0.6 is 0 Å². The Kier molecular flexibility index (Phi) is 6.32. The lowest BCUT2D eigenvalue weighted by Crippen LogP contribution is -2.45. The van der Waals surface area contributed by atoms with E-state index >= 15 is 0 Å². The fourth-order valence-electron chi connectivity index (χ4n) is 3.27. The van der Waals surface area contributed by atoms with Gasteiger partial charge in [-0.3, -0.25) is 14.4 Å². The lowest BCUT2D eigenvalue weighted by atomic mass is 10.2. The zero-order chi connectivity index (χ0) is 22.8. The largest absolute Gasteiger partial charge is 0.326 e. The lowest BCUT2D eigenvalue weighted by Gasteiger charge is -2.25. The predicted octanol–water partition coefficient (Wildman–Crippen LogP) is 2.29. The Labute approximate surface area is 179 Å². The minimum absolute atomic E-state index is 0.200. The van der Waals surface area contributed by atoms with E-state index in [1.807, 2.05) is 0 Å². The van der Waals surface area contributed by atoms with E-state index in [2.05, 4.69) is 11.9 Å². The molecule has 3 amide bonds. The molecule has 10 heteroatoms. The van der Waals surface area contributed by atoms with Crippen LogP contribution in [0.4, 0.5) is 15.8 Å². The number of hydrogen-bond donors (Lipinski definition) is 1. The summed E-state index contributed by atoms with van der Waals surface area (Å²) in [6.45, 7) is 4.68. The number of nitrogens with one attached hydrogen (secondary N) is 1. The quantitative estimate of drug-likeness (QED) is 0.520. The van der Waals surface area contributed by atoms with Crippen molar-refractivity contribution < 1.29 is 27.2 Å². The van der Waals surface area contributed by atoms with Crippen molar-refractivity contribution in [2.75, 3.05) is 16.8 Å². The van der Waals surface area contributed by atoms with E-state index < -0.39 is 33.7 Å². The molecule has 1 heterocycles. The molecule has 0 radical (unpaired) electrons. The fraction of sp³-hybridized carbons (Fsp3) is 0.190. The van der Waals surface area contributed by atoms with Gasteiger partial charge in [-0.2, -0.15) is 4.31 Å². The second kappa shape index (κ2) is 8.78. The highest BCUT2D eigenvalue weighted by Gasteiger charge is 2.46. The van der Waals surface area contributed by atoms with E-state index in [1.54, 1.807) is 0 Å². The molecule has 2 aromatic rings. The average Bonchev–Trinajstić information content (AvgIpc) is 3.00. The van der Waals surface area contributed by atoms with Crippen molar-refractivity contribution in [2.45, 2.75) is 24.3 Å². The fourth-order valence-corrected chi connectivity index (χ4v) is 4.82. The number of hydrogen-bond acceptors (Lipinski definition) is 5. The molecule has 0 aromatic heterocycles. The molecule has 162 valence electrons. The van der Waals surface area contributed by atoms with Gasteiger partial charge in [0.05, 0.1) is 17.0 Å². The van der Waals surface area contributed by atoms with Gasteiger partial charge >= 0.3 is 0 Å². The molecule has 1 atom stereocenters. The van der Waals surface area contributed by atoms with Crippen molar-refractivity contribution >= 4 is 39.1 Å². The van der Waals surface area contributed by atoms with Crippen LogP contribution in [-0.4, -0.2) is 43.0 Å². The number of amides is 3. The molecule has 0 saturated carbocycles. The minimum Gasteiger partial charge on any atom is -0.326 e. The van der Waals surface area contributed by atoms with Crippen LogP contribution in [0.5, 0.6) is 0 Å². The number of nitrogens with zero attached hydrogens (tertiary/aromatic N) is 2. The highest BCUT2D eigenvalue weighted by atomic mass is 32.2. The first-order valence-electron chi connectivity index (χ1n) is 9.28. The zero-order valence-corrected chi connectivity index (χ0v) is 17.4. The van der Waals surface area contributed by atoms with Crippen LogP contribution in [0.15, 0.2) is 66.1 Å². The lowest BCUT2D eigenvalue weighted by molar-refractivity contribution is -0.122. The van der Waals surface area contributed by atoms with Crippen LogP contribution in [-0.2, 0) is 24.4 Å². The van der Waals surface area contributed by atoms with Crippen molar-refractivity contribution in [2.24, 2.45) is 0 Å². The van der Waals surface area contributed by atoms with Crippen LogP contribution < -0.4 is 10.2 Å². The Bertz CT molecular complexity index is 1130. The van der Waals surface area contributed by atoms with Gasteiger partial charge < -0.3 is 5.32 Å². The Morgan fingerprint density at radius 2 is 1.81 bits per heavy atom. The predicted molar refractivity (Wildman–Crippen MR) is 112 cm³/mol.